The van der Waals surface area contributed by atoms with Crippen molar-refractivity contribution in [3.63, 3.8) is 0 Å². The molecular weight excluding hydrogens is 472 g/mol. The fourth-order valence-electron chi connectivity index (χ4n) is 2.58. The summed E-state index contributed by atoms with van der Waals surface area (Å²) in [7, 11) is -3.80. The molecule has 1 N–H and O–H groups in total. The normalized spacial score (nSPS) is 12.9. The summed E-state index contributed by atoms with van der Waals surface area (Å²) in [6, 6.07) is 7.07. The minimum Gasteiger partial charge on any atom is -0.493 e. The van der Waals surface area contributed by atoms with Gasteiger partial charge in [0.15, 0.2) is 11.5 Å². The van der Waals surface area contributed by atoms with E-state index in [2.05, 4.69) is 25.8 Å². The lowest BCUT2D eigenvalue weighted by molar-refractivity contribution is 0.173. The molecule has 1 aliphatic heterocycles. The maximum atomic E-state index is 12.7. The second-order valence-electron chi connectivity index (χ2n) is 5.86. The van der Waals surface area contributed by atoms with E-state index in [0.717, 1.165) is 11.3 Å². The molecule has 148 valence electrons. The number of aromatic nitrogens is 1. The number of rotatable bonds is 7. The highest BCUT2D eigenvalue weighted by atomic mass is 79.9. The number of hydrogen-bond donors (Lipinski definition) is 1. The first-order valence-corrected chi connectivity index (χ1v) is 11.3. The number of halogens is 1. The van der Waals surface area contributed by atoms with Crippen molar-refractivity contribution in [2.45, 2.75) is 17.6 Å². The number of thiophene rings is 1. The number of nitrogens with zero attached hydrogens (tertiary/aromatic N) is 1. The van der Waals surface area contributed by atoms with Crippen molar-refractivity contribution in [1.82, 2.24) is 5.16 Å². The van der Waals surface area contributed by atoms with E-state index in [1.807, 2.05) is 0 Å². The van der Waals surface area contributed by atoms with Crippen LogP contribution in [0, 0.1) is 6.92 Å². The smallest absolute Gasteiger partial charge is 0.274 e. The number of nitrogens with one attached hydrogen (secondary N) is 1. The Bertz CT molecular complexity index is 1110. The van der Waals surface area contributed by atoms with Crippen LogP contribution in [0.2, 0.25) is 0 Å². The van der Waals surface area contributed by atoms with Gasteiger partial charge in [0.2, 0.25) is 6.79 Å². The molecule has 0 bridgehead atoms. The first kappa shape index (κ1) is 19.1. The Kier molecular flexibility index (Phi) is 5.21. The molecule has 0 fully saturated rings. The van der Waals surface area contributed by atoms with E-state index in [1.165, 1.54) is 0 Å². The first-order valence-electron chi connectivity index (χ1n) is 8.17. The molecule has 1 aromatic carbocycles. The molecule has 3 heterocycles. The standard InChI is InChI=1S/C17H15BrN2O6S2/c1-10-15(18)16(26-19-10)20-28(21,22)17-11(5-7-27-17)4-6-23-12-2-3-13-14(8-12)25-9-24-13/h2-3,5,7-8,20H,4,6,9H2,1H3. The van der Waals surface area contributed by atoms with Crippen LogP contribution < -0.4 is 18.9 Å². The van der Waals surface area contributed by atoms with Crippen molar-refractivity contribution in [2.24, 2.45) is 0 Å². The van der Waals surface area contributed by atoms with Gasteiger partial charge in [-0.15, -0.1) is 11.3 Å². The van der Waals surface area contributed by atoms with Crippen LogP contribution in [0.3, 0.4) is 0 Å². The van der Waals surface area contributed by atoms with Crippen molar-refractivity contribution < 1.29 is 27.2 Å². The van der Waals surface area contributed by atoms with Gasteiger partial charge in [-0.1, -0.05) is 5.16 Å². The van der Waals surface area contributed by atoms with Crippen LogP contribution in [0.4, 0.5) is 5.88 Å². The predicted molar refractivity (Wildman–Crippen MR) is 106 cm³/mol. The first-order chi connectivity index (χ1) is 13.4. The summed E-state index contributed by atoms with van der Waals surface area (Å²) in [4.78, 5) is 0. The Hall–Kier alpha value is -2.24. The van der Waals surface area contributed by atoms with E-state index in [9.17, 15) is 8.42 Å². The zero-order valence-corrected chi connectivity index (χ0v) is 17.8. The minimum atomic E-state index is -3.80. The highest BCUT2D eigenvalue weighted by molar-refractivity contribution is 9.10. The third kappa shape index (κ3) is 3.82. The molecule has 0 saturated heterocycles. The van der Waals surface area contributed by atoms with Crippen LogP contribution >= 0.6 is 27.3 Å². The molecule has 1 aliphatic rings. The van der Waals surface area contributed by atoms with Crippen molar-refractivity contribution in [1.29, 1.82) is 0 Å². The van der Waals surface area contributed by atoms with Gasteiger partial charge >= 0.3 is 0 Å². The average molecular weight is 487 g/mol. The van der Waals surface area contributed by atoms with E-state index in [-0.39, 0.29) is 16.9 Å². The van der Waals surface area contributed by atoms with E-state index >= 15 is 0 Å². The lowest BCUT2D eigenvalue weighted by atomic mass is 10.2. The minimum absolute atomic E-state index is 0.0495. The lowest BCUT2D eigenvalue weighted by Gasteiger charge is -2.09. The fraction of sp³-hybridized carbons (Fsp3) is 0.235. The van der Waals surface area contributed by atoms with Gasteiger partial charge in [0.25, 0.3) is 15.9 Å². The third-order valence-corrected chi connectivity index (χ3v) is 7.79. The maximum absolute atomic E-state index is 12.7. The number of benzene rings is 1. The summed E-state index contributed by atoms with van der Waals surface area (Å²) in [5, 5.41) is 5.45. The van der Waals surface area contributed by atoms with E-state index in [1.54, 1.807) is 36.6 Å². The van der Waals surface area contributed by atoms with Crippen LogP contribution in [-0.2, 0) is 16.4 Å². The second-order valence-corrected chi connectivity index (χ2v) is 9.45. The molecular formula is C17H15BrN2O6S2. The molecule has 3 aromatic rings. The molecule has 11 heteroatoms. The summed E-state index contributed by atoms with van der Waals surface area (Å²) in [6.07, 6.45) is 0.421. The van der Waals surface area contributed by atoms with Crippen LogP contribution in [0.15, 0.2) is 42.9 Å². The Labute approximate surface area is 173 Å². The highest BCUT2D eigenvalue weighted by Gasteiger charge is 2.24. The molecule has 4 rings (SSSR count). The van der Waals surface area contributed by atoms with Gasteiger partial charge in [-0.05, 0) is 52.0 Å². The average Bonchev–Trinajstić information content (AvgIpc) is 3.38. The number of hydrogen-bond acceptors (Lipinski definition) is 8. The summed E-state index contributed by atoms with van der Waals surface area (Å²) < 4.78 is 49.9. The number of aryl methyl sites for hydroxylation is 1. The van der Waals surface area contributed by atoms with Crippen molar-refractivity contribution in [3.05, 3.63) is 45.4 Å². The Morgan fingerprint density at radius 2 is 2.11 bits per heavy atom. The van der Waals surface area contributed by atoms with Crippen molar-refractivity contribution >= 4 is 43.2 Å². The summed E-state index contributed by atoms with van der Waals surface area (Å²) in [5.74, 6) is 1.99. The predicted octanol–water partition coefficient (Wildman–Crippen LogP) is 3.96. The van der Waals surface area contributed by atoms with Gasteiger partial charge in [0, 0.05) is 12.5 Å². The quantitative estimate of drug-likeness (QED) is 0.539. The molecule has 0 aliphatic carbocycles. The third-order valence-electron chi connectivity index (χ3n) is 3.95. The van der Waals surface area contributed by atoms with Crippen molar-refractivity contribution in [3.8, 4) is 17.2 Å². The summed E-state index contributed by atoms with van der Waals surface area (Å²) in [5.41, 5.74) is 1.21. The molecule has 2 aromatic heterocycles. The number of ether oxygens (including phenoxy) is 3. The maximum Gasteiger partial charge on any atom is 0.274 e. The zero-order chi connectivity index (χ0) is 19.7. The monoisotopic (exact) mass is 486 g/mol. The van der Waals surface area contributed by atoms with Crippen LogP contribution in [0.1, 0.15) is 11.3 Å². The van der Waals surface area contributed by atoms with Gasteiger partial charge in [-0.25, -0.2) is 13.1 Å². The SMILES string of the molecule is Cc1noc(NS(=O)(=O)c2sccc2CCOc2ccc3c(c2)OCO3)c1Br. The summed E-state index contributed by atoms with van der Waals surface area (Å²) in [6.45, 7) is 2.21. The lowest BCUT2D eigenvalue weighted by Crippen LogP contribution is -2.14. The number of anilines is 1. The molecule has 0 amide bonds. The number of sulfonamides is 1. The molecule has 0 spiro atoms. The second kappa shape index (κ2) is 7.64. The molecule has 28 heavy (non-hydrogen) atoms. The largest absolute Gasteiger partial charge is 0.493 e. The van der Waals surface area contributed by atoms with Crippen molar-refractivity contribution in [2.75, 3.05) is 18.1 Å². The molecule has 0 unspecified atom stereocenters. The number of fused-ring (bicyclic) bond motifs is 1. The van der Waals surface area contributed by atoms with Gasteiger partial charge in [0.05, 0.1) is 12.3 Å². The Morgan fingerprint density at radius 3 is 2.89 bits per heavy atom. The molecule has 0 atom stereocenters. The van der Waals surface area contributed by atoms with Crippen LogP contribution in [0.5, 0.6) is 17.2 Å². The van der Waals surface area contributed by atoms with E-state index in [0.29, 0.717) is 46.0 Å². The molecule has 8 nitrogen and oxygen atoms in total. The molecule has 0 saturated carbocycles. The van der Waals surface area contributed by atoms with Crippen LogP contribution in [-0.4, -0.2) is 27.0 Å². The van der Waals surface area contributed by atoms with Gasteiger partial charge in [0.1, 0.15) is 14.4 Å². The van der Waals surface area contributed by atoms with Gasteiger partial charge < -0.3 is 18.7 Å². The van der Waals surface area contributed by atoms with E-state index < -0.39 is 10.0 Å². The Balaban J connectivity index is 1.43. The summed E-state index contributed by atoms with van der Waals surface area (Å²) >= 11 is 4.39. The van der Waals surface area contributed by atoms with Crippen LogP contribution in [0.25, 0.3) is 0 Å². The topological polar surface area (TPSA) is 99.9 Å². The van der Waals surface area contributed by atoms with Gasteiger partial charge in [-0.3, -0.25) is 0 Å². The zero-order valence-electron chi connectivity index (χ0n) is 14.6. The molecule has 0 radical (unpaired) electrons. The van der Waals surface area contributed by atoms with E-state index in [4.69, 9.17) is 18.7 Å². The fourth-order valence-corrected chi connectivity index (χ4v) is 5.42. The Morgan fingerprint density at radius 1 is 1.29 bits per heavy atom. The highest BCUT2D eigenvalue weighted by Crippen LogP contribution is 2.35. The van der Waals surface area contributed by atoms with Gasteiger partial charge in [-0.2, -0.15) is 0 Å².